The lowest BCUT2D eigenvalue weighted by atomic mass is 10.2. The molecular weight excluding hydrogens is 282 g/mol. The van der Waals surface area contributed by atoms with Gasteiger partial charge in [-0.15, -0.1) is 0 Å². The monoisotopic (exact) mass is 295 g/mol. The number of fused-ring (bicyclic) bond motifs is 1. The quantitative estimate of drug-likeness (QED) is 0.610. The number of carbonyl (C=O) groups excluding carboxylic acids is 2. The molecule has 0 N–H and O–H groups in total. The fourth-order valence-electron chi connectivity index (χ4n) is 1.87. The third-order valence-corrected chi connectivity index (χ3v) is 4.59. The minimum atomic E-state index is -3.83. The number of benzene rings is 1. The fourth-order valence-corrected chi connectivity index (χ4v) is 3.42. The zero-order valence-corrected chi connectivity index (χ0v) is 11.6. The molecule has 2 rings (SSSR count). The van der Waals surface area contributed by atoms with Crippen LogP contribution in [-0.4, -0.2) is 37.8 Å². The van der Waals surface area contributed by atoms with Crippen molar-refractivity contribution in [3.05, 3.63) is 42.0 Å². The van der Waals surface area contributed by atoms with Crippen LogP contribution >= 0.6 is 0 Å². The molecule has 1 aliphatic heterocycles. The Morgan fingerprint density at radius 3 is 2.70 bits per heavy atom. The molecule has 1 amide bonds. The molecule has 0 spiro atoms. The molecule has 6 nitrogen and oxygen atoms in total. The molecule has 20 heavy (non-hydrogen) atoms. The summed E-state index contributed by atoms with van der Waals surface area (Å²) in [5.74, 6) is -1.17. The van der Waals surface area contributed by atoms with Gasteiger partial charge in [-0.3, -0.25) is 4.79 Å². The lowest BCUT2D eigenvalue weighted by Gasteiger charge is -2.14. The summed E-state index contributed by atoms with van der Waals surface area (Å²) < 4.78 is 29.8. The molecule has 0 fully saturated rings. The molecule has 0 saturated heterocycles. The first-order valence-electron chi connectivity index (χ1n) is 5.94. The third-order valence-electron chi connectivity index (χ3n) is 2.75. The average molecular weight is 295 g/mol. The third kappa shape index (κ3) is 2.44. The van der Waals surface area contributed by atoms with Crippen molar-refractivity contribution in [3.8, 4) is 0 Å². The maximum Gasteiger partial charge on any atom is 0.330 e. The Morgan fingerprint density at radius 2 is 2.05 bits per heavy atom. The zero-order valence-electron chi connectivity index (χ0n) is 10.8. The number of nitrogens with zero attached hydrogens (tertiary/aromatic N) is 1. The maximum absolute atomic E-state index is 12.1. The first kappa shape index (κ1) is 14.3. The van der Waals surface area contributed by atoms with Crippen molar-refractivity contribution in [3.63, 3.8) is 0 Å². The van der Waals surface area contributed by atoms with E-state index in [1.54, 1.807) is 19.1 Å². The van der Waals surface area contributed by atoms with E-state index in [-0.39, 0.29) is 23.6 Å². The van der Waals surface area contributed by atoms with Crippen LogP contribution in [0.25, 0.3) is 0 Å². The van der Waals surface area contributed by atoms with Crippen LogP contribution in [0.15, 0.2) is 41.3 Å². The Morgan fingerprint density at radius 1 is 1.35 bits per heavy atom. The number of hydrogen-bond donors (Lipinski definition) is 0. The summed E-state index contributed by atoms with van der Waals surface area (Å²) >= 11 is 0. The van der Waals surface area contributed by atoms with Crippen molar-refractivity contribution in [2.45, 2.75) is 11.8 Å². The molecule has 1 aromatic carbocycles. The van der Waals surface area contributed by atoms with Gasteiger partial charge in [-0.25, -0.2) is 17.5 Å². The van der Waals surface area contributed by atoms with Crippen LogP contribution < -0.4 is 0 Å². The van der Waals surface area contributed by atoms with Gasteiger partial charge in [-0.2, -0.15) is 0 Å². The van der Waals surface area contributed by atoms with Crippen molar-refractivity contribution in [2.75, 3.05) is 13.2 Å². The number of rotatable bonds is 4. The molecule has 0 saturated carbocycles. The lowest BCUT2D eigenvalue weighted by molar-refractivity contribution is -0.137. The van der Waals surface area contributed by atoms with E-state index in [4.69, 9.17) is 4.74 Å². The van der Waals surface area contributed by atoms with Gasteiger partial charge in [0.25, 0.3) is 15.9 Å². The lowest BCUT2D eigenvalue weighted by Crippen LogP contribution is -2.33. The van der Waals surface area contributed by atoms with E-state index in [1.807, 2.05) is 0 Å². The van der Waals surface area contributed by atoms with Crippen LogP contribution in [0.4, 0.5) is 0 Å². The summed E-state index contributed by atoms with van der Waals surface area (Å²) in [6.07, 6.45) is 2.73. The second kappa shape index (κ2) is 5.46. The van der Waals surface area contributed by atoms with Gasteiger partial charge in [0.05, 0.1) is 12.1 Å². The van der Waals surface area contributed by atoms with Crippen LogP contribution in [0, 0.1) is 0 Å². The summed E-state index contributed by atoms with van der Waals surface area (Å²) in [5.41, 5.74) is 0.146. The van der Waals surface area contributed by atoms with Crippen molar-refractivity contribution in [1.29, 1.82) is 0 Å². The van der Waals surface area contributed by atoms with Crippen molar-refractivity contribution >= 4 is 21.9 Å². The summed E-state index contributed by atoms with van der Waals surface area (Å²) in [6.45, 7) is 1.29. The van der Waals surface area contributed by atoms with E-state index in [9.17, 15) is 18.0 Å². The van der Waals surface area contributed by atoms with Gasteiger partial charge >= 0.3 is 5.97 Å². The molecule has 1 aliphatic rings. The highest BCUT2D eigenvalue weighted by molar-refractivity contribution is 7.90. The minimum absolute atomic E-state index is 0.00946. The molecular formula is C13H13NO5S. The van der Waals surface area contributed by atoms with Crippen LogP contribution in [0.3, 0.4) is 0 Å². The van der Waals surface area contributed by atoms with Crippen LogP contribution in [0.1, 0.15) is 17.3 Å². The highest BCUT2D eigenvalue weighted by Crippen LogP contribution is 2.29. The topological polar surface area (TPSA) is 80.8 Å². The Kier molecular flexibility index (Phi) is 3.89. The predicted octanol–water partition coefficient (Wildman–Crippen LogP) is 0.950. The summed E-state index contributed by atoms with van der Waals surface area (Å²) in [5, 5.41) is 0. The summed E-state index contributed by atoms with van der Waals surface area (Å²) in [6, 6.07) is 6.00. The van der Waals surface area contributed by atoms with Crippen molar-refractivity contribution < 1.29 is 22.7 Å². The van der Waals surface area contributed by atoms with Gasteiger partial charge in [-0.05, 0) is 19.1 Å². The van der Waals surface area contributed by atoms with Crippen LogP contribution in [-0.2, 0) is 19.6 Å². The van der Waals surface area contributed by atoms with Gasteiger partial charge < -0.3 is 4.74 Å². The van der Waals surface area contributed by atoms with E-state index in [1.165, 1.54) is 24.3 Å². The van der Waals surface area contributed by atoms with E-state index in [0.717, 1.165) is 4.31 Å². The van der Waals surface area contributed by atoms with E-state index in [2.05, 4.69) is 0 Å². The number of carbonyl (C=O) groups is 2. The minimum Gasteiger partial charge on any atom is -0.461 e. The van der Waals surface area contributed by atoms with Gasteiger partial charge in [0, 0.05) is 6.08 Å². The van der Waals surface area contributed by atoms with Gasteiger partial charge in [0.2, 0.25) is 0 Å². The number of hydrogen-bond acceptors (Lipinski definition) is 5. The molecule has 1 aromatic rings. The standard InChI is InChI=1S/C13H13NO5S/c1-2-5-12(15)19-9-8-14-13(16)10-6-3-4-7-11(10)20(14,17)18/h2-7H,8-9H2,1H3/b5-2+. The van der Waals surface area contributed by atoms with E-state index >= 15 is 0 Å². The number of sulfonamides is 1. The molecule has 1 heterocycles. The molecule has 0 atom stereocenters. The first-order valence-corrected chi connectivity index (χ1v) is 7.38. The Bertz CT molecular complexity index is 678. The van der Waals surface area contributed by atoms with Gasteiger partial charge in [0.1, 0.15) is 11.5 Å². The molecule has 0 unspecified atom stereocenters. The van der Waals surface area contributed by atoms with Gasteiger partial charge in [0.15, 0.2) is 0 Å². The van der Waals surface area contributed by atoms with Crippen LogP contribution in [0.5, 0.6) is 0 Å². The number of esters is 1. The van der Waals surface area contributed by atoms with Crippen molar-refractivity contribution in [2.24, 2.45) is 0 Å². The van der Waals surface area contributed by atoms with E-state index in [0.29, 0.717) is 0 Å². The molecule has 0 bridgehead atoms. The summed E-state index contributed by atoms with van der Waals surface area (Å²) in [7, 11) is -3.83. The fraction of sp³-hybridized carbons (Fsp3) is 0.231. The molecule has 0 aromatic heterocycles. The number of amides is 1. The molecule has 0 radical (unpaired) electrons. The highest BCUT2D eigenvalue weighted by Gasteiger charge is 2.40. The van der Waals surface area contributed by atoms with Crippen molar-refractivity contribution in [1.82, 2.24) is 4.31 Å². The Balaban J connectivity index is 2.12. The first-order chi connectivity index (χ1) is 9.48. The zero-order chi connectivity index (χ0) is 14.8. The largest absolute Gasteiger partial charge is 0.461 e. The van der Waals surface area contributed by atoms with Crippen LogP contribution in [0.2, 0.25) is 0 Å². The predicted molar refractivity (Wildman–Crippen MR) is 70.4 cm³/mol. The Hall–Kier alpha value is -2.15. The average Bonchev–Trinajstić information content (AvgIpc) is 2.61. The summed E-state index contributed by atoms with van der Waals surface area (Å²) in [4.78, 5) is 23.1. The molecule has 0 aliphatic carbocycles. The molecule has 106 valence electrons. The molecule has 7 heteroatoms. The maximum atomic E-state index is 12.1. The number of ether oxygens (including phenoxy) is 1. The second-order valence-electron chi connectivity index (χ2n) is 4.05. The Labute approximate surface area is 116 Å². The second-order valence-corrected chi connectivity index (χ2v) is 5.88. The van der Waals surface area contributed by atoms with E-state index < -0.39 is 21.9 Å². The smallest absolute Gasteiger partial charge is 0.330 e. The normalized spacial score (nSPS) is 16.4. The highest BCUT2D eigenvalue weighted by atomic mass is 32.2. The number of allylic oxidation sites excluding steroid dienone is 1. The SMILES string of the molecule is C/C=C/C(=O)OCCN1C(=O)c2ccccc2S1(=O)=O. The van der Waals surface area contributed by atoms with Gasteiger partial charge in [-0.1, -0.05) is 18.2 Å².